The zero-order valence-electron chi connectivity index (χ0n) is 79.4. The van der Waals surface area contributed by atoms with E-state index < -0.39 is 81.1 Å². The van der Waals surface area contributed by atoms with Gasteiger partial charge < -0.3 is 70.0 Å². The monoisotopic (exact) mass is 2650 g/mol. The summed E-state index contributed by atoms with van der Waals surface area (Å²) < 4.78 is 165. The zero-order chi connectivity index (χ0) is 99.5. The van der Waals surface area contributed by atoms with Crippen LogP contribution in [-0.4, -0.2) is 173 Å². The number of esters is 4. The molecule has 4 N–H and O–H groups in total. The van der Waals surface area contributed by atoms with Crippen LogP contribution in [0.2, 0.25) is 0 Å². The maximum absolute atomic E-state index is 12.8. The van der Waals surface area contributed by atoms with E-state index in [4.69, 9.17) is 41.0 Å². The third-order valence-electron chi connectivity index (χ3n) is 27.7. The molecule has 8 atom stereocenters. The molecule has 0 aromatic heterocycles. The van der Waals surface area contributed by atoms with E-state index >= 15 is 0 Å². The van der Waals surface area contributed by atoms with E-state index in [-0.39, 0.29) is 176 Å². The van der Waals surface area contributed by atoms with Gasteiger partial charge in [-0.3, -0.25) is 4.79 Å². The number of carbonyl (C=O) groups excluding carboxylic acids is 4. The summed E-state index contributed by atoms with van der Waals surface area (Å²) in [7, 11) is -2.64. The maximum Gasteiger partial charge on any atom is 0.155 e. The summed E-state index contributed by atoms with van der Waals surface area (Å²) in [6, 6.07) is 75.0. The second kappa shape index (κ2) is 59.8. The molecule has 7 aromatic rings. The summed E-state index contributed by atoms with van der Waals surface area (Å²) in [6.07, 6.45) is 18.3. The number of benzene rings is 7. The summed E-state index contributed by atoms with van der Waals surface area (Å²) in [5, 5.41) is 42.0. The average molecular weight is 2650 g/mol. The molecule has 18 fully saturated rings. The number of hydrogen-bond donors (Lipinski definition) is 4. The largest absolute Gasteiger partial charge is 0.372 e. The molecule has 0 spiro atoms. The van der Waals surface area contributed by atoms with Gasteiger partial charge in [0.05, 0.1) is 75.3 Å². The van der Waals surface area contributed by atoms with Crippen molar-refractivity contribution in [2.75, 3.05) is 75.9 Å². The molecule has 18 aliphatic rings. The Balaban J connectivity index is 0.000000246. The van der Waals surface area contributed by atoms with E-state index in [1.807, 2.05) is 11.8 Å². The van der Waals surface area contributed by atoms with Gasteiger partial charge in [-0.2, -0.15) is 38.1 Å². The van der Waals surface area contributed by atoms with E-state index in [0.717, 1.165) is 155 Å². The van der Waals surface area contributed by atoms with E-state index in [1.165, 1.54) is 49.3 Å². The van der Waals surface area contributed by atoms with Crippen molar-refractivity contribution in [3.8, 4) is 0 Å². The molecule has 16 bridgehead atoms. The Bertz CT molecular complexity index is 4500. The van der Waals surface area contributed by atoms with Crippen LogP contribution in [0, 0.1) is 96.8 Å². The SMILES string of the molecule is C.C.C.C1CSCCO1.CC(F)(F)C(=O)OCC12CC3CC(CC(O)(C3)C1)C2.CC(F)(F)C(=O)OCC12CC3CC(CC(O)(C3)C1)C2.CC(F)(F)C(=O)OCC12CC3CC(CC(O)(C3)C1)C2.II.O=C(OCC12CC3CC(CC(O)(C3)C1)C2)[C-](F)F.O=S(=O)=O.[Cl-].[Na+].c1ccc([I-]c2ccccc2)cc1.c1ccc([I-]c2ccccc2)cc1.c1ccc([I-]c2ccccc2)cc1.c1ccc([S+]2CCOCC2)cc1. The van der Waals surface area contributed by atoms with Crippen LogP contribution in [0.5, 0.6) is 0 Å². The Kier molecular flexibility index (Phi) is 53.7. The molecule has 25 rings (SSSR count). The van der Waals surface area contributed by atoms with Crippen molar-refractivity contribution in [1.29, 1.82) is 0 Å². The van der Waals surface area contributed by atoms with Gasteiger partial charge in [0.25, 0.3) is 0 Å². The molecule has 17 nitrogen and oxygen atoms in total. The number of carbonyl (C=O) groups is 4. The minimum Gasteiger partial charge on any atom is -0.372 e. The first-order valence-corrected chi connectivity index (χ1v) is 63.5. The predicted molar refractivity (Wildman–Crippen MR) is 539 cm³/mol. The summed E-state index contributed by atoms with van der Waals surface area (Å²) in [5.74, 6) is -7.62. The quantitative estimate of drug-likeness (QED) is 0.0113. The Morgan fingerprint density at radius 1 is 0.378 bits per heavy atom. The fraction of sp³-hybridized carbons (Fsp3) is 0.565. The van der Waals surface area contributed by atoms with Gasteiger partial charge in [0.1, 0.15) is 11.5 Å². The summed E-state index contributed by atoms with van der Waals surface area (Å²) in [5.41, 5.74) is -3.64. The van der Waals surface area contributed by atoms with Gasteiger partial charge in [0.15, 0.2) is 4.90 Å². The van der Waals surface area contributed by atoms with Crippen LogP contribution in [0.3, 0.4) is 0 Å². The van der Waals surface area contributed by atoms with Crippen LogP contribution in [0.25, 0.3) is 0 Å². The number of halogens is 14. The first-order valence-electron chi connectivity index (χ1n) is 47.1. The van der Waals surface area contributed by atoms with Crippen LogP contribution in [-0.2, 0) is 69.1 Å². The standard InChI is InChI=1S/3C14H20F2O3.C13H17F2O3.3C12H10I.C10H13OS.C4H8OS.3CH4.ClH.I2.Na.O3S/c3*1-12(15,16)11(17)19-8-13-3-9-2-10(4-13)6-14(18,5-9)7-13;14-10(15)11(16)18-7-12-2-8-1-9(3-12)5-13(17,4-8)6-12;3*1-3-7-11(8-4-1)13-12-9-5-2-6-10-12;1-2-4-10(5-3-1)12-8-6-11-7-9-12;1-3-6-4-2-5-1;;;;;1-2;;1-4(2)3/h3*9-10,18H,2-8H2,1H3;8-9,17H,1-7H2;3*1-10H;1-5H,6-9H2;1-4H2;3*1H4;1H;;;/q;;;4*-1;+1;;;;;;;+1;/p-1. The number of hydrogen-bond acceptors (Lipinski definition) is 18. The fourth-order valence-corrected chi connectivity index (χ4v) is 34.0. The number of rotatable bonds is 19. The van der Waals surface area contributed by atoms with Crippen LogP contribution in [0.15, 0.2) is 217 Å². The molecule has 2 aliphatic heterocycles. The van der Waals surface area contributed by atoms with Crippen LogP contribution >= 0.6 is 49.0 Å². The summed E-state index contributed by atoms with van der Waals surface area (Å²) in [4.78, 5) is 46.0. The Morgan fingerprint density at radius 3 is 0.748 bits per heavy atom. The molecule has 794 valence electrons. The second-order valence-corrected chi connectivity index (χ2v) is 53.3. The van der Waals surface area contributed by atoms with Crippen LogP contribution in [0.4, 0.5) is 35.1 Å². The fourth-order valence-electron chi connectivity index (χ4n) is 24.6. The molecule has 16 aliphatic carbocycles. The van der Waals surface area contributed by atoms with Gasteiger partial charge >= 0.3 is 343 Å². The van der Waals surface area contributed by atoms with Gasteiger partial charge in [-0.1, -0.05) is 40.5 Å². The smallest absolute Gasteiger partial charge is 0.155 e. The van der Waals surface area contributed by atoms with Crippen LogP contribution < -0.4 is 106 Å². The van der Waals surface area contributed by atoms with Gasteiger partial charge in [-0.25, -0.2) is 14.4 Å². The number of alkyl halides is 6. The molecule has 143 heavy (non-hydrogen) atoms. The van der Waals surface area contributed by atoms with Crippen molar-refractivity contribution in [3.63, 3.8) is 0 Å². The van der Waals surface area contributed by atoms with Crippen molar-refractivity contribution in [3.05, 3.63) is 240 Å². The van der Waals surface area contributed by atoms with E-state index in [9.17, 15) is 74.7 Å². The predicted octanol–water partition coefficient (Wildman–Crippen LogP) is 8.41. The Morgan fingerprint density at radius 2 is 0.573 bits per heavy atom. The molecule has 7 aromatic carbocycles. The van der Waals surface area contributed by atoms with E-state index in [2.05, 4.69) is 250 Å². The zero-order valence-corrected chi connectivity index (χ0v) is 95.4. The average Bonchev–Trinajstić information content (AvgIpc) is 0.741. The summed E-state index contributed by atoms with van der Waals surface area (Å²) in [6.45, 7) is 5.61. The van der Waals surface area contributed by atoms with E-state index in [1.54, 1.807) is 0 Å². The van der Waals surface area contributed by atoms with Crippen LogP contribution in [0.1, 0.15) is 197 Å². The molecular formula is C108H140ClF8I5NaO17S3-3. The molecule has 16 saturated carbocycles. The maximum atomic E-state index is 12.8. The van der Waals surface area contributed by atoms with Crippen molar-refractivity contribution in [1.82, 2.24) is 0 Å². The first-order chi connectivity index (χ1) is 65.5. The third kappa shape index (κ3) is 41.9. The molecular weight excluding hydrogens is 2510 g/mol. The second-order valence-electron chi connectivity index (χ2n) is 40.3. The van der Waals surface area contributed by atoms with Gasteiger partial charge in [-0.15, -0.1) is 12.6 Å². The van der Waals surface area contributed by atoms with E-state index in [0.29, 0.717) is 105 Å². The van der Waals surface area contributed by atoms with Crippen molar-refractivity contribution in [2.45, 2.75) is 242 Å². The number of ether oxygens (including phenoxy) is 6. The molecule has 2 heterocycles. The minimum absolute atomic E-state index is 0. The number of thioether (sulfide) groups is 1. The van der Waals surface area contributed by atoms with Crippen molar-refractivity contribution in [2.24, 2.45) is 69.0 Å². The third-order valence-corrected chi connectivity index (χ3v) is 38.9. The molecule has 8 unspecified atom stereocenters. The first kappa shape index (κ1) is 128. The minimum atomic E-state index is -3.43. The summed E-state index contributed by atoms with van der Waals surface area (Å²) >= 11 is 6.30. The topological polar surface area (TPSA) is 256 Å². The Labute approximate surface area is 932 Å². The van der Waals surface area contributed by atoms with Gasteiger partial charge in [-0.05, 0) is 214 Å². The molecule has 2 saturated heterocycles. The van der Waals surface area contributed by atoms with Gasteiger partial charge in [0.2, 0.25) is 5.97 Å². The van der Waals surface area contributed by atoms with Crippen molar-refractivity contribution >= 4 is 94.4 Å². The molecule has 0 amide bonds. The number of aliphatic hydroxyl groups is 4. The normalized spacial score (nSPS) is 29.0. The van der Waals surface area contributed by atoms with Gasteiger partial charge in [0, 0.05) is 108 Å². The molecule has 35 heteroatoms. The molecule has 0 radical (unpaired) electrons. The Hall–Kier alpha value is -3.25. The van der Waals surface area contributed by atoms with Crippen molar-refractivity contribution < 1.29 is 221 Å².